The molecule has 0 radical (unpaired) electrons. The van der Waals surface area contributed by atoms with Crippen LogP contribution in [0, 0.1) is 17.6 Å². The molecule has 1 amide bonds. The molecule has 0 saturated carbocycles. The lowest BCUT2D eigenvalue weighted by Gasteiger charge is -2.21. The number of hydrogen-bond acceptors (Lipinski definition) is 3. The Kier molecular flexibility index (Phi) is 6.83. The summed E-state index contributed by atoms with van der Waals surface area (Å²) in [5, 5.41) is 2.20. The molecule has 2 atom stereocenters. The Bertz CT molecular complexity index is 765. The summed E-state index contributed by atoms with van der Waals surface area (Å²) in [7, 11) is 0. The Balaban J connectivity index is 2.01. The van der Waals surface area contributed by atoms with Gasteiger partial charge in [-0.15, -0.1) is 0 Å². The molecule has 0 unspecified atom stereocenters. The number of benzene rings is 2. The third-order valence-electron chi connectivity index (χ3n) is 4.17. The van der Waals surface area contributed by atoms with Gasteiger partial charge in [0.25, 0.3) is 5.91 Å². The van der Waals surface area contributed by atoms with Crippen molar-refractivity contribution >= 4 is 17.6 Å². The average Bonchev–Trinajstić information content (AvgIpc) is 2.64. The molecule has 2 rings (SSSR count). The molecule has 0 aliphatic heterocycles. The van der Waals surface area contributed by atoms with Gasteiger partial charge >= 0.3 is 5.97 Å². The molecule has 0 saturated heterocycles. The molecular formula is C20H21F2NO3. The minimum atomic E-state index is -0.771. The maximum atomic E-state index is 13.5. The van der Waals surface area contributed by atoms with Crippen molar-refractivity contribution in [2.24, 2.45) is 5.92 Å². The molecule has 0 aromatic heterocycles. The number of carbonyl (C=O) groups is 2. The fourth-order valence-electron chi connectivity index (χ4n) is 2.60. The summed E-state index contributed by atoms with van der Waals surface area (Å²) in [5.41, 5.74) is 0.510. The van der Waals surface area contributed by atoms with Gasteiger partial charge in [-0.05, 0) is 23.6 Å². The highest BCUT2D eigenvalue weighted by Crippen LogP contribution is 2.28. The number of hydrogen-bond donors (Lipinski definition) is 1. The number of ether oxygens (including phenoxy) is 1. The zero-order valence-corrected chi connectivity index (χ0v) is 14.7. The topological polar surface area (TPSA) is 55.4 Å². The van der Waals surface area contributed by atoms with E-state index in [1.807, 2.05) is 44.2 Å². The van der Waals surface area contributed by atoms with E-state index in [0.29, 0.717) is 0 Å². The highest BCUT2D eigenvalue weighted by Gasteiger charge is 2.27. The van der Waals surface area contributed by atoms with E-state index in [0.717, 1.165) is 30.2 Å². The molecule has 6 heteroatoms. The first-order valence-electron chi connectivity index (χ1n) is 8.38. The molecular weight excluding hydrogens is 340 g/mol. The molecule has 0 spiro atoms. The third kappa shape index (κ3) is 5.12. The van der Waals surface area contributed by atoms with Crippen molar-refractivity contribution in [1.29, 1.82) is 0 Å². The van der Waals surface area contributed by atoms with Gasteiger partial charge in [0.2, 0.25) is 0 Å². The smallest absolute Gasteiger partial charge is 0.314 e. The number of amides is 1. The van der Waals surface area contributed by atoms with E-state index in [1.54, 1.807) is 0 Å². The van der Waals surface area contributed by atoms with Crippen LogP contribution in [0.2, 0.25) is 0 Å². The minimum absolute atomic E-state index is 0.0219. The quantitative estimate of drug-likeness (QED) is 0.749. The Morgan fingerprint density at radius 2 is 1.81 bits per heavy atom. The van der Waals surface area contributed by atoms with Crippen molar-refractivity contribution in [3.63, 3.8) is 0 Å². The van der Waals surface area contributed by atoms with Gasteiger partial charge in [-0.2, -0.15) is 0 Å². The largest absolute Gasteiger partial charge is 0.455 e. The minimum Gasteiger partial charge on any atom is -0.455 e. The van der Waals surface area contributed by atoms with Crippen LogP contribution >= 0.6 is 0 Å². The van der Waals surface area contributed by atoms with E-state index in [9.17, 15) is 18.4 Å². The van der Waals surface area contributed by atoms with Gasteiger partial charge in [0.15, 0.2) is 6.61 Å². The third-order valence-corrected chi connectivity index (χ3v) is 4.17. The standard InChI is InChI=1S/C20H21F2NO3/c1-3-13(2)19(14-7-5-4-6-8-14)20(25)26-12-18(24)23-17-11-15(21)9-10-16(17)22/h4-11,13,19H,3,12H2,1-2H3,(H,23,24)/t13-,19+/m0/s1. The summed E-state index contributed by atoms with van der Waals surface area (Å²) in [6.07, 6.45) is 0.759. The molecule has 2 aromatic carbocycles. The van der Waals surface area contributed by atoms with E-state index in [-0.39, 0.29) is 11.6 Å². The Morgan fingerprint density at radius 1 is 1.12 bits per heavy atom. The van der Waals surface area contributed by atoms with Crippen LogP contribution in [0.15, 0.2) is 48.5 Å². The van der Waals surface area contributed by atoms with Crippen LogP contribution in [0.25, 0.3) is 0 Å². The summed E-state index contributed by atoms with van der Waals surface area (Å²) in [5.74, 6) is -3.19. The van der Waals surface area contributed by atoms with Crippen LogP contribution in [0.1, 0.15) is 31.7 Å². The van der Waals surface area contributed by atoms with E-state index in [4.69, 9.17) is 4.74 Å². The normalized spacial score (nSPS) is 12.9. The molecule has 2 aromatic rings. The van der Waals surface area contributed by atoms with E-state index >= 15 is 0 Å². The van der Waals surface area contributed by atoms with Crippen molar-refractivity contribution in [2.45, 2.75) is 26.2 Å². The van der Waals surface area contributed by atoms with E-state index in [2.05, 4.69) is 5.32 Å². The molecule has 0 aliphatic rings. The zero-order chi connectivity index (χ0) is 19.1. The first-order valence-corrected chi connectivity index (χ1v) is 8.38. The summed E-state index contributed by atoms with van der Waals surface area (Å²) < 4.78 is 31.8. The molecule has 138 valence electrons. The molecule has 4 nitrogen and oxygen atoms in total. The molecule has 0 fully saturated rings. The van der Waals surface area contributed by atoms with Crippen molar-refractivity contribution in [3.8, 4) is 0 Å². The highest BCUT2D eigenvalue weighted by atomic mass is 19.1. The van der Waals surface area contributed by atoms with Crippen molar-refractivity contribution in [2.75, 3.05) is 11.9 Å². The molecule has 0 aliphatic carbocycles. The van der Waals surface area contributed by atoms with Gasteiger partial charge in [0, 0.05) is 6.07 Å². The van der Waals surface area contributed by atoms with Gasteiger partial charge in [-0.3, -0.25) is 9.59 Å². The van der Waals surface area contributed by atoms with E-state index in [1.165, 1.54) is 0 Å². The lowest BCUT2D eigenvalue weighted by molar-refractivity contribution is -0.150. The maximum absolute atomic E-state index is 13.5. The monoisotopic (exact) mass is 361 g/mol. The maximum Gasteiger partial charge on any atom is 0.314 e. The van der Waals surface area contributed by atoms with Crippen LogP contribution in [0.3, 0.4) is 0 Å². The van der Waals surface area contributed by atoms with Crippen LogP contribution in [-0.2, 0) is 14.3 Å². The zero-order valence-electron chi connectivity index (χ0n) is 14.7. The van der Waals surface area contributed by atoms with E-state index < -0.39 is 36.0 Å². The van der Waals surface area contributed by atoms with Crippen LogP contribution < -0.4 is 5.32 Å². The molecule has 1 N–H and O–H groups in total. The SMILES string of the molecule is CC[C@H](C)[C@@H](C(=O)OCC(=O)Nc1cc(F)ccc1F)c1ccccc1. The number of carbonyl (C=O) groups excluding carboxylic acids is 2. The summed E-state index contributed by atoms with van der Waals surface area (Å²) >= 11 is 0. The predicted molar refractivity (Wildman–Crippen MR) is 94.6 cm³/mol. The van der Waals surface area contributed by atoms with Gasteiger partial charge < -0.3 is 10.1 Å². The fourth-order valence-corrected chi connectivity index (χ4v) is 2.60. The van der Waals surface area contributed by atoms with Crippen LogP contribution in [-0.4, -0.2) is 18.5 Å². The Labute approximate surface area is 151 Å². The second kappa shape index (κ2) is 9.08. The lowest BCUT2D eigenvalue weighted by atomic mass is 9.86. The molecule has 26 heavy (non-hydrogen) atoms. The molecule has 0 heterocycles. The van der Waals surface area contributed by atoms with Crippen molar-refractivity contribution in [3.05, 3.63) is 65.7 Å². The second-order valence-corrected chi connectivity index (χ2v) is 6.05. The van der Waals surface area contributed by atoms with Gasteiger partial charge in [0.1, 0.15) is 11.6 Å². The number of nitrogens with one attached hydrogen (secondary N) is 1. The van der Waals surface area contributed by atoms with Crippen molar-refractivity contribution in [1.82, 2.24) is 0 Å². The highest BCUT2D eigenvalue weighted by molar-refractivity contribution is 5.93. The predicted octanol–water partition coefficient (Wildman–Crippen LogP) is 4.28. The summed E-state index contributed by atoms with van der Waals surface area (Å²) in [6, 6.07) is 11.9. The van der Waals surface area contributed by atoms with Gasteiger partial charge in [-0.25, -0.2) is 8.78 Å². The number of rotatable bonds is 7. The average molecular weight is 361 g/mol. The van der Waals surface area contributed by atoms with Gasteiger partial charge in [0.05, 0.1) is 11.6 Å². The fraction of sp³-hybridized carbons (Fsp3) is 0.300. The Morgan fingerprint density at radius 3 is 2.46 bits per heavy atom. The summed E-state index contributed by atoms with van der Waals surface area (Å²) in [6.45, 7) is 3.32. The molecule has 0 bridgehead atoms. The first kappa shape index (κ1) is 19.6. The van der Waals surface area contributed by atoms with Crippen LogP contribution in [0.4, 0.5) is 14.5 Å². The van der Waals surface area contributed by atoms with Gasteiger partial charge in [-0.1, -0.05) is 50.6 Å². The summed E-state index contributed by atoms with van der Waals surface area (Å²) in [4.78, 5) is 24.4. The van der Waals surface area contributed by atoms with Crippen LogP contribution in [0.5, 0.6) is 0 Å². The lowest BCUT2D eigenvalue weighted by Crippen LogP contribution is -2.27. The number of esters is 1. The second-order valence-electron chi connectivity index (χ2n) is 6.05. The van der Waals surface area contributed by atoms with Crippen molar-refractivity contribution < 1.29 is 23.1 Å². The Hall–Kier alpha value is -2.76. The number of anilines is 1. The number of halogens is 2. The first-order chi connectivity index (χ1) is 12.4.